The minimum atomic E-state index is -0.395. The van der Waals surface area contributed by atoms with E-state index in [4.69, 9.17) is 16.3 Å². The molecule has 0 amide bonds. The zero-order valence-electron chi connectivity index (χ0n) is 13.1. The Bertz CT molecular complexity index is 1040. The molecule has 122 valence electrons. The Morgan fingerprint density at radius 2 is 2.08 bits per heavy atom. The van der Waals surface area contributed by atoms with Crippen LogP contribution in [0.2, 0.25) is 5.02 Å². The van der Waals surface area contributed by atoms with E-state index in [1.54, 1.807) is 7.11 Å². The Morgan fingerprint density at radius 1 is 1.24 bits per heavy atom. The Labute approximate surface area is 163 Å². The van der Waals surface area contributed by atoms with Gasteiger partial charge in [0.2, 0.25) is 11.5 Å². The van der Waals surface area contributed by atoms with Gasteiger partial charge in [0.05, 0.1) is 7.11 Å². The lowest BCUT2D eigenvalue weighted by Crippen LogP contribution is -2.43. The Kier molecular flexibility index (Phi) is 3.87. The van der Waals surface area contributed by atoms with Crippen LogP contribution in [0.5, 0.6) is 5.75 Å². The third kappa shape index (κ3) is 2.47. The van der Waals surface area contributed by atoms with Gasteiger partial charge in [-0.3, -0.25) is 0 Å². The van der Waals surface area contributed by atoms with Crippen LogP contribution in [-0.4, -0.2) is 18.8 Å². The van der Waals surface area contributed by atoms with E-state index < -0.39 is 4.59 Å². The molecule has 1 unspecified atom stereocenters. The topological polar surface area (TPSA) is 57.7 Å². The van der Waals surface area contributed by atoms with Crippen molar-refractivity contribution in [3.8, 4) is 11.9 Å². The summed E-state index contributed by atoms with van der Waals surface area (Å²) in [4.78, 5) is 4.57. The number of hydrogen-bond acceptors (Lipinski definition) is 4. The quantitative estimate of drug-likeness (QED) is 0.374. The van der Waals surface area contributed by atoms with Gasteiger partial charge in [0.1, 0.15) is 10.8 Å². The van der Waals surface area contributed by atoms with Crippen molar-refractivity contribution in [2.75, 3.05) is 7.11 Å². The molecule has 2 aromatic rings. The lowest BCUT2D eigenvalue weighted by molar-refractivity contribution is 0.414. The average molecular weight is 462 g/mol. The molecule has 0 fully saturated rings. The first-order valence-corrected chi connectivity index (χ1v) is 8.85. The van der Waals surface area contributed by atoms with Crippen LogP contribution in [0.3, 0.4) is 0 Å². The first-order valence-electron chi connectivity index (χ1n) is 7.39. The molecule has 1 atom stereocenters. The fraction of sp³-hybridized carbons (Fsp3) is 0.0556. The van der Waals surface area contributed by atoms with Gasteiger partial charge in [-0.1, -0.05) is 23.7 Å². The third-order valence-corrected chi connectivity index (χ3v) is 4.97. The number of nitriles is 1. The van der Waals surface area contributed by atoms with Crippen LogP contribution in [0.25, 0.3) is 6.08 Å². The smallest absolute Gasteiger partial charge is 0.351 e. The maximum absolute atomic E-state index is 9.97. The molecule has 2 aliphatic heterocycles. The van der Waals surface area contributed by atoms with Gasteiger partial charge in [0.25, 0.3) is 5.84 Å². The predicted octanol–water partition coefficient (Wildman–Crippen LogP) is 4.54. The second-order valence-corrected chi connectivity index (χ2v) is 7.17. The van der Waals surface area contributed by atoms with E-state index in [0.29, 0.717) is 28.1 Å². The van der Waals surface area contributed by atoms with E-state index in [9.17, 15) is 5.26 Å². The molecular formula is C18H11ClIN4O+. The van der Waals surface area contributed by atoms with Gasteiger partial charge >= 0.3 is 6.19 Å². The van der Waals surface area contributed by atoms with Crippen molar-refractivity contribution >= 4 is 57.6 Å². The summed E-state index contributed by atoms with van der Waals surface area (Å²) in [6.07, 6.45) is 6.00. The molecule has 2 heterocycles. The number of halogens is 2. The monoisotopic (exact) mass is 461 g/mol. The summed E-state index contributed by atoms with van der Waals surface area (Å²) in [7, 11) is 1.61. The van der Waals surface area contributed by atoms with Crippen LogP contribution in [0.4, 0.5) is 5.69 Å². The SMILES string of the molecule is COc1cccc(C2=N[N+]3(C#N)C(=N2)C=Cc2cc(I)cc(Cl)c23)c1. The van der Waals surface area contributed by atoms with Gasteiger partial charge in [-0.2, -0.15) is 4.99 Å². The van der Waals surface area contributed by atoms with Gasteiger partial charge in [-0.05, 0) is 62.6 Å². The molecule has 2 aromatic carbocycles. The molecule has 0 aromatic heterocycles. The zero-order valence-corrected chi connectivity index (χ0v) is 16.0. The number of hydrogen-bond donors (Lipinski definition) is 0. The summed E-state index contributed by atoms with van der Waals surface area (Å²) in [5.74, 6) is 1.70. The Balaban J connectivity index is 1.94. The number of benzene rings is 2. The molecule has 0 bridgehead atoms. The van der Waals surface area contributed by atoms with Crippen molar-refractivity contribution in [2.24, 2.45) is 10.1 Å². The second-order valence-electron chi connectivity index (χ2n) is 5.52. The Morgan fingerprint density at radius 3 is 2.84 bits per heavy atom. The lowest BCUT2D eigenvalue weighted by Gasteiger charge is -2.23. The fourth-order valence-corrected chi connectivity index (χ4v) is 4.11. The van der Waals surface area contributed by atoms with Gasteiger partial charge in [-0.15, -0.1) is 5.26 Å². The van der Waals surface area contributed by atoms with Gasteiger partial charge in [0, 0.05) is 20.8 Å². The Hall–Kier alpha value is -2.21. The number of methoxy groups -OCH3 is 1. The molecular weight excluding hydrogens is 451 g/mol. The molecule has 0 aliphatic carbocycles. The van der Waals surface area contributed by atoms with E-state index in [-0.39, 0.29) is 0 Å². The molecule has 5 nitrogen and oxygen atoms in total. The largest absolute Gasteiger partial charge is 0.497 e. The molecule has 25 heavy (non-hydrogen) atoms. The summed E-state index contributed by atoms with van der Waals surface area (Å²) in [6, 6.07) is 11.2. The van der Waals surface area contributed by atoms with E-state index in [1.165, 1.54) is 0 Å². The summed E-state index contributed by atoms with van der Waals surface area (Å²) >= 11 is 8.68. The van der Waals surface area contributed by atoms with Crippen LogP contribution < -0.4 is 9.33 Å². The summed E-state index contributed by atoms with van der Waals surface area (Å²) < 4.78 is 5.87. The predicted molar refractivity (Wildman–Crippen MR) is 108 cm³/mol. The standard InChI is InChI=1S/C18H11ClIN4O/c1-25-14-4-2-3-12(8-14)18-22-16-6-5-11-7-13(20)9-15(19)17(11)24(16,10-21)23-18/h2-9H,1H3/q+1. The van der Waals surface area contributed by atoms with Crippen molar-refractivity contribution in [3.05, 3.63) is 62.2 Å². The summed E-state index contributed by atoms with van der Waals surface area (Å²) in [5, 5.41) is 15.1. The number of ether oxygens (including phenoxy) is 1. The molecule has 0 saturated heterocycles. The van der Waals surface area contributed by atoms with Crippen LogP contribution >= 0.6 is 34.2 Å². The van der Waals surface area contributed by atoms with Gasteiger partial charge in [0.15, 0.2) is 0 Å². The van der Waals surface area contributed by atoms with E-state index >= 15 is 0 Å². The van der Waals surface area contributed by atoms with Crippen LogP contribution in [-0.2, 0) is 0 Å². The molecule has 0 saturated carbocycles. The molecule has 7 heteroatoms. The highest BCUT2D eigenvalue weighted by Crippen LogP contribution is 2.43. The minimum Gasteiger partial charge on any atom is -0.497 e. The fourth-order valence-electron chi connectivity index (χ4n) is 2.93. The zero-order chi connectivity index (χ0) is 17.6. The first kappa shape index (κ1) is 16.3. The lowest BCUT2D eigenvalue weighted by atomic mass is 10.1. The molecule has 0 N–H and O–H groups in total. The molecule has 2 aliphatic rings. The highest BCUT2D eigenvalue weighted by molar-refractivity contribution is 14.1. The average Bonchev–Trinajstić information content (AvgIpc) is 3.01. The van der Waals surface area contributed by atoms with Crippen molar-refractivity contribution in [3.63, 3.8) is 0 Å². The molecule has 4 rings (SSSR count). The maximum atomic E-state index is 9.97. The first-order chi connectivity index (χ1) is 12.1. The number of nitrogens with zero attached hydrogens (tertiary/aromatic N) is 4. The highest BCUT2D eigenvalue weighted by Gasteiger charge is 2.48. The van der Waals surface area contributed by atoms with Crippen LogP contribution in [0.1, 0.15) is 11.1 Å². The normalized spacial score (nSPS) is 20.2. The third-order valence-electron chi connectivity index (χ3n) is 4.06. The highest BCUT2D eigenvalue weighted by atomic mass is 127. The molecule has 0 spiro atoms. The summed E-state index contributed by atoms with van der Waals surface area (Å²) in [5.41, 5.74) is 2.28. The summed E-state index contributed by atoms with van der Waals surface area (Å²) in [6.45, 7) is 0. The van der Waals surface area contributed by atoms with E-state index in [1.807, 2.05) is 48.6 Å². The van der Waals surface area contributed by atoms with Crippen LogP contribution in [0, 0.1) is 15.0 Å². The number of aliphatic imine (C=N–C) groups is 1. The number of rotatable bonds is 2. The van der Waals surface area contributed by atoms with Crippen molar-refractivity contribution in [1.29, 1.82) is 5.26 Å². The minimum absolute atomic E-state index is 0.395. The van der Waals surface area contributed by atoms with Gasteiger partial charge < -0.3 is 4.74 Å². The number of fused-ring (bicyclic) bond motifs is 3. The van der Waals surface area contributed by atoms with Crippen molar-refractivity contribution in [1.82, 2.24) is 4.59 Å². The second kappa shape index (κ2) is 5.95. The molecule has 0 radical (unpaired) electrons. The number of amidine groups is 2. The number of quaternary nitrogens is 1. The van der Waals surface area contributed by atoms with E-state index in [0.717, 1.165) is 14.7 Å². The van der Waals surface area contributed by atoms with Gasteiger partial charge in [-0.25, -0.2) is 0 Å². The van der Waals surface area contributed by atoms with Crippen LogP contribution in [0.15, 0.2) is 52.6 Å². The van der Waals surface area contributed by atoms with E-state index in [2.05, 4.69) is 38.9 Å². The maximum Gasteiger partial charge on any atom is 0.351 e. The van der Waals surface area contributed by atoms with Crippen molar-refractivity contribution in [2.45, 2.75) is 0 Å². The van der Waals surface area contributed by atoms with Crippen molar-refractivity contribution < 1.29 is 4.74 Å².